The van der Waals surface area contributed by atoms with E-state index in [9.17, 15) is 9.59 Å². The van der Waals surface area contributed by atoms with Gasteiger partial charge >= 0.3 is 0 Å². The summed E-state index contributed by atoms with van der Waals surface area (Å²) < 4.78 is 0.975. The molecule has 0 aliphatic carbocycles. The lowest BCUT2D eigenvalue weighted by molar-refractivity contribution is -0.119. The van der Waals surface area contributed by atoms with Crippen LogP contribution >= 0.6 is 27.3 Å². The number of hydrogen-bond acceptors (Lipinski definition) is 3. The van der Waals surface area contributed by atoms with Gasteiger partial charge in [-0.15, -0.1) is 11.3 Å². The van der Waals surface area contributed by atoms with E-state index in [0.29, 0.717) is 17.8 Å². The summed E-state index contributed by atoms with van der Waals surface area (Å²) in [5.41, 5.74) is 1.77. The van der Waals surface area contributed by atoms with E-state index in [1.165, 1.54) is 11.3 Å². The second-order valence-corrected chi connectivity index (χ2v) is 7.45. The molecule has 120 valence electrons. The van der Waals surface area contributed by atoms with Gasteiger partial charge in [0, 0.05) is 16.7 Å². The van der Waals surface area contributed by atoms with Crippen LogP contribution in [0.5, 0.6) is 0 Å². The Morgan fingerprint density at radius 3 is 2.87 bits per heavy atom. The number of thiophene rings is 1. The fourth-order valence-corrected chi connectivity index (χ4v) is 3.96. The summed E-state index contributed by atoms with van der Waals surface area (Å²) >= 11 is 4.83. The number of rotatable bonds is 3. The highest BCUT2D eigenvalue weighted by Crippen LogP contribution is 2.25. The number of anilines is 1. The quantitative estimate of drug-likeness (QED) is 0.855. The van der Waals surface area contributed by atoms with E-state index >= 15 is 0 Å². The predicted octanol–water partition coefficient (Wildman–Crippen LogP) is 4.06. The Morgan fingerprint density at radius 2 is 2.17 bits per heavy atom. The van der Waals surface area contributed by atoms with E-state index in [0.717, 1.165) is 22.1 Å². The highest BCUT2D eigenvalue weighted by Gasteiger charge is 2.35. The number of carbonyl (C=O) groups excluding carboxylic acids is 2. The van der Waals surface area contributed by atoms with Crippen molar-refractivity contribution in [2.24, 2.45) is 0 Å². The third kappa shape index (κ3) is 3.48. The Labute approximate surface area is 147 Å². The van der Waals surface area contributed by atoms with E-state index in [1.807, 2.05) is 36.6 Å². The second-order valence-electron chi connectivity index (χ2n) is 5.58. The molecule has 0 saturated carbocycles. The van der Waals surface area contributed by atoms with Crippen LogP contribution in [-0.4, -0.2) is 29.3 Å². The van der Waals surface area contributed by atoms with Crippen molar-refractivity contribution in [3.63, 3.8) is 0 Å². The summed E-state index contributed by atoms with van der Waals surface area (Å²) in [6.07, 6.45) is 1.56. The Kier molecular flexibility index (Phi) is 4.82. The first-order valence-electron chi connectivity index (χ1n) is 7.48. The number of halogens is 1. The first-order valence-corrected chi connectivity index (χ1v) is 9.15. The molecular formula is C17H17BrN2O2S. The molecule has 0 radical (unpaired) electrons. The number of carbonyl (C=O) groups is 2. The number of aryl methyl sites for hydroxylation is 1. The molecule has 1 aliphatic heterocycles. The van der Waals surface area contributed by atoms with E-state index < -0.39 is 6.04 Å². The van der Waals surface area contributed by atoms with E-state index in [-0.39, 0.29) is 11.8 Å². The van der Waals surface area contributed by atoms with Crippen molar-refractivity contribution in [1.29, 1.82) is 0 Å². The molecule has 2 aromatic rings. The Morgan fingerprint density at radius 1 is 1.35 bits per heavy atom. The predicted molar refractivity (Wildman–Crippen MR) is 95.9 cm³/mol. The van der Waals surface area contributed by atoms with Gasteiger partial charge in [-0.2, -0.15) is 0 Å². The minimum atomic E-state index is -0.396. The monoisotopic (exact) mass is 392 g/mol. The van der Waals surface area contributed by atoms with Crippen molar-refractivity contribution in [3.05, 3.63) is 50.6 Å². The number of nitrogens with one attached hydrogen (secondary N) is 1. The van der Waals surface area contributed by atoms with Crippen molar-refractivity contribution in [3.8, 4) is 0 Å². The van der Waals surface area contributed by atoms with E-state index in [1.54, 1.807) is 11.0 Å². The maximum atomic E-state index is 12.6. The van der Waals surface area contributed by atoms with Crippen molar-refractivity contribution < 1.29 is 9.59 Å². The van der Waals surface area contributed by atoms with Crippen LogP contribution in [0.1, 0.15) is 28.1 Å². The number of nitrogens with zero attached hydrogens (tertiary/aromatic N) is 1. The molecule has 1 atom stereocenters. The summed E-state index contributed by atoms with van der Waals surface area (Å²) in [4.78, 5) is 27.5. The van der Waals surface area contributed by atoms with Crippen LogP contribution in [0.25, 0.3) is 0 Å². The molecule has 2 heterocycles. The zero-order valence-corrected chi connectivity index (χ0v) is 15.1. The molecule has 1 unspecified atom stereocenters. The SMILES string of the molecule is Cc1cc(Br)ccc1NC(=O)C1CCCN1C(=O)c1cccs1. The van der Waals surface area contributed by atoms with Crippen LogP contribution in [0.15, 0.2) is 40.2 Å². The van der Waals surface area contributed by atoms with Gasteiger partial charge in [-0.1, -0.05) is 22.0 Å². The van der Waals surface area contributed by atoms with Gasteiger partial charge in [0.25, 0.3) is 5.91 Å². The second kappa shape index (κ2) is 6.84. The van der Waals surface area contributed by atoms with E-state index in [2.05, 4.69) is 21.2 Å². The minimum Gasteiger partial charge on any atom is -0.326 e. The molecule has 1 fully saturated rings. The average molecular weight is 393 g/mol. The van der Waals surface area contributed by atoms with Crippen LogP contribution in [0, 0.1) is 6.92 Å². The molecule has 1 aromatic heterocycles. The molecule has 1 N–H and O–H groups in total. The van der Waals surface area contributed by atoms with Crippen molar-refractivity contribution in [1.82, 2.24) is 4.90 Å². The zero-order chi connectivity index (χ0) is 16.4. The third-order valence-electron chi connectivity index (χ3n) is 3.99. The summed E-state index contributed by atoms with van der Waals surface area (Å²) in [6, 6.07) is 8.99. The maximum absolute atomic E-state index is 12.6. The Bertz CT molecular complexity index is 730. The summed E-state index contributed by atoms with van der Waals surface area (Å²) in [6.45, 7) is 2.58. The molecule has 2 amide bonds. The first-order chi connectivity index (χ1) is 11.1. The lowest BCUT2D eigenvalue weighted by Crippen LogP contribution is -2.43. The van der Waals surface area contributed by atoms with Crippen LogP contribution in [0.3, 0.4) is 0 Å². The fraction of sp³-hybridized carbons (Fsp3) is 0.294. The number of benzene rings is 1. The molecule has 1 saturated heterocycles. The molecule has 1 aliphatic rings. The Hall–Kier alpha value is -1.66. The van der Waals surface area contributed by atoms with Crippen molar-refractivity contribution in [2.75, 3.05) is 11.9 Å². The topological polar surface area (TPSA) is 49.4 Å². The lowest BCUT2D eigenvalue weighted by atomic mass is 10.1. The molecule has 3 rings (SSSR count). The number of likely N-dealkylation sites (tertiary alicyclic amines) is 1. The van der Waals surface area contributed by atoms with Gasteiger partial charge in [-0.3, -0.25) is 9.59 Å². The first kappa shape index (κ1) is 16.2. The van der Waals surface area contributed by atoms with Crippen LogP contribution in [-0.2, 0) is 4.79 Å². The highest BCUT2D eigenvalue weighted by atomic mass is 79.9. The standard InChI is InChI=1S/C17H17BrN2O2S/c1-11-10-12(18)6-7-13(11)19-16(21)14-4-2-8-20(14)17(22)15-5-3-9-23-15/h3,5-7,9-10,14H,2,4,8H2,1H3,(H,19,21). The van der Waals surface area contributed by atoms with Gasteiger partial charge in [0.15, 0.2) is 0 Å². The Balaban J connectivity index is 1.74. The molecule has 0 bridgehead atoms. The number of amides is 2. The van der Waals surface area contributed by atoms with Gasteiger partial charge < -0.3 is 10.2 Å². The lowest BCUT2D eigenvalue weighted by Gasteiger charge is -2.23. The van der Waals surface area contributed by atoms with Gasteiger partial charge in [0.1, 0.15) is 6.04 Å². The molecular weight excluding hydrogens is 376 g/mol. The van der Waals surface area contributed by atoms with Gasteiger partial charge in [-0.05, 0) is 55.0 Å². The van der Waals surface area contributed by atoms with Gasteiger partial charge in [0.05, 0.1) is 4.88 Å². The zero-order valence-electron chi connectivity index (χ0n) is 12.7. The molecule has 0 spiro atoms. The molecule has 1 aromatic carbocycles. The summed E-state index contributed by atoms with van der Waals surface area (Å²) in [7, 11) is 0. The number of hydrogen-bond donors (Lipinski definition) is 1. The van der Waals surface area contributed by atoms with Crippen LogP contribution in [0.2, 0.25) is 0 Å². The highest BCUT2D eigenvalue weighted by molar-refractivity contribution is 9.10. The molecule has 23 heavy (non-hydrogen) atoms. The van der Waals surface area contributed by atoms with Crippen LogP contribution < -0.4 is 5.32 Å². The van der Waals surface area contributed by atoms with Crippen LogP contribution in [0.4, 0.5) is 5.69 Å². The summed E-state index contributed by atoms with van der Waals surface area (Å²) in [5.74, 6) is -0.164. The molecule has 6 heteroatoms. The largest absolute Gasteiger partial charge is 0.326 e. The van der Waals surface area contributed by atoms with Crippen molar-refractivity contribution in [2.45, 2.75) is 25.8 Å². The summed E-state index contributed by atoms with van der Waals surface area (Å²) in [5, 5.41) is 4.84. The van der Waals surface area contributed by atoms with E-state index in [4.69, 9.17) is 0 Å². The fourth-order valence-electron chi connectivity index (χ4n) is 2.81. The van der Waals surface area contributed by atoms with Crippen molar-refractivity contribution >= 4 is 44.8 Å². The smallest absolute Gasteiger partial charge is 0.264 e. The average Bonchev–Trinajstić information content (AvgIpc) is 3.20. The minimum absolute atomic E-state index is 0.0508. The van der Waals surface area contributed by atoms with Gasteiger partial charge in [-0.25, -0.2) is 0 Å². The molecule has 4 nitrogen and oxygen atoms in total. The van der Waals surface area contributed by atoms with Gasteiger partial charge in [0.2, 0.25) is 5.91 Å². The maximum Gasteiger partial charge on any atom is 0.264 e. The third-order valence-corrected chi connectivity index (χ3v) is 5.35. The normalized spacial score (nSPS) is 17.3.